The van der Waals surface area contributed by atoms with Crippen LogP contribution in [0.2, 0.25) is 0 Å². The molecule has 4 saturated carbocycles. The lowest BCUT2D eigenvalue weighted by molar-refractivity contribution is -0.130. The first-order valence-corrected chi connectivity index (χ1v) is 9.55. The van der Waals surface area contributed by atoms with E-state index in [0.717, 1.165) is 37.0 Å². The molecule has 0 saturated heterocycles. The molecule has 2 N–H and O–H groups in total. The molecule has 0 spiro atoms. The van der Waals surface area contributed by atoms with E-state index in [2.05, 4.69) is 15.6 Å². The van der Waals surface area contributed by atoms with E-state index in [-0.39, 0.29) is 22.6 Å². The molecule has 0 aliphatic heterocycles. The molecule has 4 bridgehead atoms. The molecule has 1 aromatic carbocycles. The van der Waals surface area contributed by atoms with Crippen molar-refractivity contribution in [1.29, 1.82) is 0 Å². The SMILES string of the molecule is O=C(CC12CC3CC(CC(C3)C1)C2)NNC(=O)c1ccc(OC(F)F)cc1. The Kier molecular flexibility index (Phi) is 4.78. The first-order valence-electron chi connectivity index (χ1n) is 9.55. The summed E-state index contributed by atoms with van der Waals surface area (Å²) in [5.41, 5.74) is 5.29. The number of amides is 2. The van der Waals surface area contributed by atoms with E-state index in [9.17, 15) is 18.4 Å². The van der Waals surface area contributed by atoms with Crippen molar-refractivity contribution in [3.05, 3.63) is 29.8 Å². The van der Waals surface area contributed by atoms with Gasteiger partial charge in [0, 0.05) is 12.0 Å². The van der Waals surface area contributed by atoms with Gasteiger partial charge in [0.15, 0.2) is 0 Å². The number of benzene rings is 1. The van der Waals surface area contributed by atoms with Crippen molar-refractivity contribution in [3.8, 4) is 5.75 Å². The molecule has 4 aliphatic carbocycles. The molecule has 0 radical (unpaired) electrons. The van der Waals surface area contributed by atoms with E-state index in [1.165, 1.54) is 43.5 Å². The lowest BCUT2D eigenvalue weighted by atomic mass is 9.49. The van der Waals surface area contributed by atoms with E-state index in [1.54, 1.807) is 0 Å². The number of halogens is 2. The topological polar surface area (TPSA) is 67.4 Å². The predicted octanol–water partition coefficient (Wildman–Crippen LogP) is 3.66. The molecule has 4 aliphatic rings. The number of alkyl halides is 2. The zero-order valence-corrected chi connectivity index (χ0v) is 15.0. The monoisotopic (exact) mass is 378 g/mol. The van der Waals surface area contributed by atoms with E-state index in [4.69, 9.17) is 0 Å². The standard InChI is InChI=1S/C20H24F2N2O3/c21-19(22)27-16-3-1-15(2-4-16)18(26)24-23-17(25)11-20-8-12-5-13(9-20)7-14(6-12)10-20/h1-4,12-14,19H,5-11H2,(H,23,25)(H,24,26). The van der Waals surface area contributed by atoms with Crippen molar-refractivity contribution in [2.45, 2.75) is 51.6 Å². The highest BCUT2D eigenvalue weighted by Gasteiger charge is 2.51. The second-order valence-electron chi connectivity index (χ2n) is 8.50. The molecule has 1 aromatic rings. The van der Waals surface area contributed by atoms with Gasteiger partial charge >= 0.3 is 6.61 Å². The molecule has 7 heteroatoms. The average molecular weight is 378 g/mol. The summed E-state index contributed by atoms with van der Waals surface area (Å²) in [6.07, 6.45) is 7.82. The van der Waals surface area contributed by atoms with E-state index < -0.39 is 12.5 Å². The third kappa shape index (κ3) is 4.06. The minimum absolute atomic E-state index is 0.0209. The number of hydrogen-bond donors (Lipinski definition) is 2. The summed E-state index contributed by atoms with van der Waals surface area (Å²) < 4.78 is 28.5. The van der Waals surface area contributed by atoms with Crippen LogP contribution in [0.3, 0.4) is 0 Å². The summed E-state index contributed by atoms with van der Waals surface area (Å²) in [6.45, 7) is -2.91. The number of ether oxygens (including phenoxy) is 1. The average Bonchev–Trinajstić information content (AvgIpc) is 2.58. The maximum Gasteiger partial charge on any atom is 0.387 e. The van der Waals surface area contributed by atoms with Crippen molar-refractivity contribution in [2.75, 3.05) is 0 Å². The van der Waals surface area contributed by atoms with Crippen LogP contribution in [0, 0.1) is 23.2 Å². The summed E-state index contributed by atoms with van der Waals surface area (Å²) in [5, 5.41) is 0. The van der Waals surface area contributed by atoms with Crippen molar-refractivity contribution >= 4 is 11.8 Å². The van der Waals surface area contributed by atoms with Gasteiger partial charge in [0.25, 0.3) is 5.91 Å². The third-order valence-electron chi connectivity index (χ3n) is 6.36. The van der Waals surface area contributed by atoms with Gasteiger partial charge in [0.1, 0.15) is 5.75 Å². The van der Waals surface area contributed by atoms with Gasteiger partial charge in [-0.05, 0) is 86.0 Å². The van der Waals surface area contributed by atoms with Crippen molar-refractivity contribution < 1.29 is 23.1 Å². The Morgan fingerprint density at radius 2 is 1.56 bits per heavy atom. The van der Waals surface area contributed by atoms with Crippen LogP contribution in [0.25, 0.3) is 0 Å². The Labute approximate surface area is 156 Å². The van der Waals surface area contributed by atoms with Crippen LogP contribution in [-0.2, 0) is 4.79 Å². The molecule has 0 atom stereocenters. The van der Waals surface area contributed by atoms with Gasteiger partial charge in [-0.1, -0.05) is 0 Å². The van der Waals surface area contributed by atoms with Crippen LogP contribution in [0.1, 0.15) is 55.3 Å². The zero-order valence-electron chi connectivity index (χ0n) is 15.0. The van der Waals surface area contributed by atoms with E-state index in [1.807, 2.05) is 0 Å². The Morgan fingerprint density at radius 1 is 1.00 bits per heavy atom. The third-order valence-corrected chi connectivity index (χ3v) is 6.36. The molecular formula is C20H24F2N2O3. The Bertz CT molecular complexity index is 685. The van der Waals surface area contributed by atoms with Gasteiger partial charge in [-0.2, -0.15) is 8.78 Å². The zero-order chi connectivity index (χ0) is 19.0. The Balaban J connectivity index is 1.28. The van der Waals surface area contributed by atoms with E-state index >= 15 is 0 Å². The number of carbonyl (C=O) groups excluding carboxylic acids is 2. The molecule has 27 heavy (non-hydrogen) atoms. The van der Waals surface area contributed by atoms with Gasteiger partial charge in [0.05, 0.1) is 0 Å². The van der Waals surface area contributed by atoms with Gasteiger partial charge in [-0.25, -0.2) is 0 Å². The number of carbonyl (C=O) groups is 2. The molecular weight excluding hydrogens is 354 g/mol. The maximum absolute atomic E-state index is 12.4. The second-order valence-corrected chi connectivity index (χ2v) is 8.50. The fraction of sp³-hybridized carbons (Fsp3) is 0.600. The van der Waals surface area contributed by atoms with Crippen LogP contribution in [0.15, 0.2) is 24.3 Å². The number of nitrogens with one attached hydrogen (secondary N) is 2. The molecule has 0 heterocycles. The Hall–Kier alpha value is -2.18. The smallest absolute Gasteiger partial charge is 0.387 e. The summed E-state index contributed by atoms with van der Waals surface area (Å²) >= 11 is 0. The summed E-state index contributed by atoms with van der Waals surface area (Å²) in [5.74, 6) is 1.64. The lowest BCUT2D eigenvalue weighted by Gasteiger charge is -2.56. The number of hydrazine groups is 1. The van der Waals surface area contributed by atoms with Crippen molar-refractivity contribution in [2.24, 2.45) is 23.2 Å². The quantitative estimate of drug-likeness (QED) is 0.769. The number of hydrogen-bond acceptors (Lipinski definition) is 3. The highest BCUT2D eigenvalue weighted by Crippen LogP contribution is 2.61. The predicted molar refractivity (Wildman–Crippen MR) is 93.9 cm³/mol. The second kappa shape index (κ2) is 7.09. The lowest BCUT2D eigenvalue weighted by Crippen LogP contribution is -2.50. The summed E-state index contributed by atoms with van der Waals surface area (Å²) in [7, 11) is 0. The molecule has 5 rings (SSSR count). The van der Waals surface area contributed by atoms with Gasteiger partial charge in [-0.3, -0.25) is 20.4 Å². The molecule has 146 valence electrons. The largest absolute Gasteiger partial charge is 0.435 e. The van der Waals surface area contributed by atoms with Gasteiger partial charge < -0.3 is 4.74 Å². The molecule has 4 fully saturated rings. The van der Waals surface area contributed by atoms with Crippen LogP contribution in [0.4, 0.5) is 8.78 Å². The first-order chi connectivity index (χ1) is 12.9. The summed E-state index contributed by atoms with van der Waals surface area (Å²) in [4.78, 5) is 24.5. The fourth-order valence-corrected chi connectivity index (χ4v) is 5.88. The highest BCUT2D eigenvalue weighted by atomic mass is 19.3. The van der Waals surface area contributed by atoms with Crippen LogP contribution >= 0.6 is 0 Å². The van der Waals surface area contributed by atoms with Gasteiger partial charge in [0.2, 0.25) is 5.91 Å². The minimum atomic E-state index is -2.91. The van der Waals surface area contributed by atoms with Crippen LogP contribution in [0.5, 0.6) is 5.75 Å². The highest BCUT2D eigenvalue weighted by molar-refractivity contribution is 5.95. The summed E-state index contributed by atoms with van der Waals surface area (Å²) in [6, 6.07) is 5.33. The fourth-order valence-electron chi connectivity index (χ4n) is 5.88. The number of rotatable bonds is 5. The normalized spacial score (nSPS) is 31.0. The van der Waals surface area contributed by atoms with Crippen LogP contribution in [-0.4, -0.2) is 18.4 Å². The van der Waals surface area contributed by atoms with E-state index in [0.29, 0.717) is 6.42 Å². The molecule has 2 amide bonds. The molecule has 0 unspecified atom stereocenters. The Morgan fingerprint density at radius 3 is 2.07 bits per heavy atom. The van der Waals surface area contributed by atoms with Crippen LogP contribution < -0.4 is 15.6 Å². The molecule has 0 aromatic heterocycles. The minimum Gasteiger partial charge on any atom is -0.435 e. The van der Waals surface area contributed by atoms with Gasteiger partial charge in [-0.15, -0.1) is 0 Å². The molecule has 5 nitrogen and oxygen atoms in total. The maximum atomic E-state index is 12.4. The van der Waals surface area contributed by atoms with Crippen molar-refractivity contribution in [1.82, 2.24) is 10.9 Å². The first kappa shape index (κ1) is 18.2. The van der Waals surface area contributed by atoms with Crippen molar-refractivity contribution in [3.63, 3.8) is 0 Å².